The van der Waals surface area contributed by atoms with Crippen LogP contribution < -0.4 is 16.0 Å². The van der Waals surface area contributed by atoms with Gasteiger partial charge in [0.25, 0.3) is 5.91 Å². The molecule has 0 fully saturated rings. The lowest BCUT2D eigenvalue weighted by atomic mass is 10.2. The predicted octanol–water partition coefficient (Wildman–Crippen LogP) is 5.21. The molecule has 7 nitrogen and oxygen atoms in total. The highest BCUT2D eigenvalue weighted by molar-refractivity contribution is 7.98. The molecule has 0 radical (unpaired) electrons. The van der Waals surface area contributed by atoms with Gasteiger partial charge in [0, 0.05) is 35.4 Å². The number of rotatable bonds is 8. The molecule has 3 N–H and O–H groups in total. The first-order valence-corrected chi connectivity index (χ1v) is 11.1. The summed E-state index contributed by atoms with van der Waals surface area (Å²) < 4.78 is 0. The maximum atomic E-state index is 12.7. The van der Waals surface area contributed by atoms with Crippen LogP contribution in [0.2, 0.25) is 5.02 Å². The fraction of sp³-hybridized carbons (Fsp3) is 0.182. The molecule has 2 heterocycles. The smallest absolute Gasteiger partial charge is 0.320 e. The second kappa shape index (κ2) is 11.3. The zero-order valence-electron chi connectivity index (χ0n) is 16.9. The molecular weight excluding hydrogens is 434 g/mol. The third-order valence-electron chi connectivity index (χ3n) is 4.09. The summed E-state index contributed by atoms with van der Waals surface area (Å²) in [5.41, 5.74) is 2.08. The molecule has 1 aromatic carbocycles. The van der Waals surface area contributed by atoms with Crippen LogP contribution in [0, 0.1) is 0 Å². The van der Waals surface area contributed by atoms with E-state index < -0.39 is 0 Å². The van der Waals surface area contributed by atoms with E-state index in [1.54, 1.807) is 54.9 Å². The van der Waals surface area contributed by atoms with Gasteiger partial charge >= 0.3 is 6.03 Å². The minimum absolute atomic E-state index is 0.248. The number of pyridine rings is 2. The average molecular weight is 456 g/mol. The Kier molecular flexibility index (Phi) is 8.26. The lowest BCUT2D eigenvalue weighted by molar-refractivity contribution is 0.102. The van der Waals surface area contributed by atoms with Crippen LogP contribution in [-0.4, -0.2) is 28.5 Å². The summed E-state index contributed by atoms with van der Waals surface area (Å²) in [5, 5.41) is 9.53. The molecule has 0 saturated carbocycles. The first kappa shape index (κ1) is 22.6. The molecule has 0 atom stereocenters. The van der Waals surface area contributed by atoms with Gasteiger partial charge in [0.2, 0.25) is 0 Å². The number of urea groups is 1. The molecule has 3 rings (SSSR count). The van der Waals surface area contributed by atoms with Gasteiger partial charge in [-0.25, -0.2) is 14.8 Å². The second-order valence-corrected chi connectivity index (χ2v) is 7.94. The van der Waals surface area contributed by atoms with Crippen molar-refractivity contribution in [3.05, 3.63) is 77.1 Å². The summed E-state index contributed by atoms with van der Waals surface area (Å²) in [6, 6.07) is 13.7. The summed E-state index contributed by atoms with van der Waals surface area (Å²) in [4.78, 5) is 33.1. The summed E-state index contributed by atoms with van der Waals surface area (Å²) in [7, 11) is 0. The third-order valence-corrected chi connectivity index (χ3v) is 5.42. The van der Waals surface area contributed by atoms with Crippen LogP contribution in [0.4, 0.5) is 16.3 Å². The largest absolute Gasteiger partial charge is 0.338 e. The Morgan fingerprint density at radius 3 is 2.61 bits per heavy atom. The van der Waals surface area contributed by atoms with Crippen LogP contribution in [0.15, 0.2) is 66.0 Å². The highest BCUT2D eigenvalue weighted by atomic mass is 35.5. The molecular formula is C22H22ClN5O2S. The quantitative estimate of drug-likeness (QED) is 0.405. The van der Waals surface area contributed by atoms with E-state index >= 15 is 0 Å². The fourth-order valence-electron chi connectivity index (χ4n) is 2.59. The van der Waals surface area contributed by atoms with E-state index in [1.165, 1.54) is 11.8 Å². The van der Waals surface area contributed by atoms with Crippen molar-refractivity contribution in [1.82, 2.24) is 15.3 Å². The molecule has 31 heavy (non-hydrogen) atoms. The number of halogens is 1. The Hall–Kier alpha value is -3.10. The normalized spacial score (nSPS) is 10.4. The Bertz CT molecular complexity index is 1050. The van der Waals surface area contributed by atoms with Crippen molar-refractivity contribution in [2.75, 3.05) is 17.2 Å². The van der Waals surface area contributed by atoms with Gasteiger partial charge < -0.3 is 10.6 Å². The topological polar surface area (TPSA) is 96.0 Å². The van der Waals surface area contributed by atoms with Crippen LogP contribution in [0.5, 0.6) is 0 Å². The summed E-state index contributed by atoms with van der Waals surface area (Å²) in [6.45, 7) is 2.58. The van der Waals surface area contributed by atoms with Gasteiger partial charge in [-0.2, -0.15) is 0 Å². The number of anilines is 2. The number of amides is 3. The molecule has 0 aliphatic heterocycles. The lowest BCUT2D eigenvalue weighted by Gasteiger charge is -2.10. The van der Waals surface area contributed by atoms with Crippen molar-refractivity contribution in [3.63, 3.8) is 0 Å². The maximum Gasteiger partial charge on any atom is 0.320 e. The van der Waals surface area contributed by atoms with Crippen molar-refractivity contribution >= 4 is 46.8 Å². The van der Waals surface area contributed by atoms with Crippen molar-refractivity contribution in [2.24, 2.45) is 0 Å². The van der Waals surface area contributed by atoms with Crippen LogP contribution in [-0.2, 0) is 5.75 Å². The molecule has 0 aliphatic rings. The molecule has 9 heteroatoms. The third kappa shape index (κ3) is 6.97. The zero-order chi connectivity index (χ0) is 22.1. The van der Waals surface area contributed by atoms with Crippen molar-refractivity contribution < 1.29 is 9.59 Å². The van der Waals surface area contributed by atoms with Crippen LogP contribution in [0.25, 0.3) is 0 Å². The van der Waals surface area contributed by atoms with Gasteiger partial charge in [-0.3, -0.25) is 10.1 Å². The summed E-state index contributed by atoms with van der Waals surface area (Å²) in [6.07, 6.45) is 4.15. The van der Waals surface area contributed by atoms with E-state index in [-0.39, 0.29) is 11.9 Å². The van der Waals surface area contributed by atoms with Crippen LogP contribution in [0.1, 0.15) is 29.3 Å². The first-order valence-electron chi connectivity index (χ1n) is 9.69. The lowest BCUT2D eigenvalue weighted by Crippen LogP contribution is -2.29. The van der Waals surface area contributed by atoms with Gasteiger partial charge in [-0.1, -0.05) is 18.5 Å². The van der Waals surface area contributed by atoms with Gasteiger partial charge in [0.1, 0.15) is 10.8 Å². The van der Waals surface area contributed by atoms with Crippen LogP contribution in [0.3, 0.4) is 0 Å². The van der Waals surface area contributed by atoms with E-state index in [0.717, 1.165) is 12.0 Å². The number of carbonyl (C=O) groups is 2. The molecule has 0 aliphatic carbocycles. The monoisotopic (exact) mass is 455 g/mol. The standard InChI is InChI=1S/C22H22ClN5O2S/c1-2-10-26-22(30)28-19-13-15(9-12-24-19)14-31-21-18(4-3-11-25-21)20(29)27-17-7-5-16(23)6-8-17/h3-9,11-13H,2,10,14H2,1H3,(H,27,29)(H2,24,26,28,30). The highest BCUT2D eigenvalue weighted by Crippen LogP contribution is 2.26. The number of nitrogens with zero attached hydrogens (tertiary/aromatic N) is 2. The Morgan fingerprint density at radius 2 is 1.84 bits per heavy atom. The highest BCUT2D eigenvalue weighted by Gasteiger charge is 2.13. The van der Waals surface area contributed by atoms with Gasteiger partial charge in [-0.15, -0.1) is 11.8 Å². The number of hydrogen-bond donors (Lipinski definition) is 3. The number of thioether (sulfide) groups is 1. The number of nitrogens with one attached hydrogen (secondary N) is 3. The summed E-state index contributed by atoms with van der Waals surface area (Å²) in [5.74, 6) is 0.780. The number of aromatic nitrogens is 2. The van der Waals surface area contributed by atoms with Gasteiger partial charge in [0.15, 0.2) is 0 Å². The SMILES string of the molecule is CCCNC(=O)Nc1cc(CSc2ncccc2C(=O)Nc2ccc(Cl)cc2)ccn1. The van der Waals surface area contributed by atoms with E-state index in [9.17, 15) is 9.59 Å². The number of carbonyl (C=O) groups excluding carboxylic acids is 2. The minimum atomic E-state index is -0.287. The van der Waals surface area contributed by atoms with Gasteiger partial charge in [-0.05, 0) is 60.5 Å². The fourth-order valence-corrected chi connectivity index (χ4v) is 3.65. The van der Waals surface area contributed by atoms with Crippen molar-refractivity contribution in [2.45, 2.75) is 24.1 Å². The average Bonchev–Trinajstić information content (AvgIpc) is 2.78. The Morgan fingerprint density at radius 1 is 1.03 bits per heavy atom. The number of benzene rings is 1. The molecule has 160 valence electrons. The van der Waals surface area contributed by atoms with Crippen molar-refractivity contribution in [1.29, 1.82) is 0 Å². The minimum Gasteiger partial charge on any atom is -0.338 e. The van der Waals surface area contributed by atoms with Crippen molar-refractivity contribution in [3.8, 4) is 0 Å². The van der Waals surface area contributed by atoms with E-state index in [2.05, 4.69) is 25.9 Å². The molecule has 2 aromatic heterocycles. The van der Waals surface area contributed by atoms with Gasteiger partial charge in [0.05, 0.1) is 5.56 Å². The Labute approximate surface area is 190 Å². The second-order valence-electron chi connectivity index (χ2n) is 6.54. The molecule has 3 aromatic rings. The molecule has 0 saturated heterocycles. The van der Waals surface area contributed by atoms with E-state index in [1.807, 2.05) is 13.0 Å². The first-order chi connectivity index (χ1) is 15.0. The van der Waals surface area contributed by atoms with Crippen LogP contribution >= 0.6 is 23.4 Å². The Balaban J connectivity index is 1.64. The molecule has 3 amide bonds. The molecule has 0 spiro atoms. The number of hydrogen-bond acceptors (Lipinski definition) is 5. The predicted molar refractivity (Wildman–Crippen MR) is 125 cm³/mol. The maximum absolute atomic E-state index is 12.7. The van der Waals surface area contributed by atoms with E-state index in [0.29, 0.717) is 39.4 Å². The summed E-state index contributed by atoms with van der Waals surface area (Å²) >= 11 is 7.33. The zero-order valence-corrected chi connectivity index (χ0v) is 18.5. The molecule has 0 unspecified atom stereocenters. The van der Waals surface area contributed by atoms with E-state index in [4.69, 9.17) is 11.6 Å². The molecule has 0 bridgehead atoms.